The molecule has 0 aliphatic heterocycles. The van der Waals surface area contributed by atoms with Crippen LogP contribution in [-0.4, -0.2) is 18.5 Å². The van der Waals surface area contributed by atoms with Crippen LogP contribution in [0.25, 0.3) is 0 Å². The number of benzene rings is 3. The average molecular weight is 373 g/mol. The van der Waals surface area contributed by atoms with Crippen LogP contribution in [0.5, 0.6) is 0 Å². The Bertz CT molecular complexity index is 887. The zero-order valence-corrected chi connectivity index (χ0v) is 15.5. The van der Waals surface area contributed by atoms with Gasteiger partial charge in [0, 0.05) is 23.7 Å². The van der Waals surface area contributed by atoms with E-state index in [1.165, 1.54) is 11.1 Å². The summed E-state index contributed by atoms with van der Waals surface area (Å²) in [6.07, 6.45) is 0.777. The lowest BCUT2D eigenvalue weighted by Crippen LogP contribution is -2.26. The zero-order chi connectivity index (χ0) is 19.8. The second-order valence-corrected chi connectivity index (χ2v) is 6.49. The van der Waals surface area contributed by atoms with Crippen LogP contribution >= 0.6 is 0 Å². The Labute approximate surface area is 164 Å². The highest BCUT2D eigenvalue weighted by Gasteiger charge is 2.14. The number of urea groups is 1. The number of nitrogens with two attached hydrogens (primary N) is 1. The molecule has 0 heterocycles. The molecule has 0 radical (unpaired) electrons. The highest BCUT2D eigenvalue weighted by Crippen LogP contribution is 2.27. The molecule has 0 unspecified atom stereocenters. The zero-order valence-electron chi connectivity index (χ0n) is 15.5. The molecule has 4 N–H and O–H groups in total. The van der Waals surface area contributed by atoms with Crippen molar-refractivity contribution in [3.63, 3.8) is 0 Å². The second-order valence-electron chi connectivity index (χ2n) is 6.49. The molecule has 3 rings (SSSR count). The van der Waals surface area contributed by atoms with Crippen molar-refractivity contribution in [2.45, 2.75) is 12.3 Å². The number of nitrogens with one attached hydrogen (secondary N) is 2. The van der Waals surface area contributed by atoms with Gasteiger partial charge in [-0.3, -0.25) is 4.79 Å². The van der Waals surface area contributed by atoms with Gasteiger partial charge in [-0.05, 0) is 35.7 Å². The number of hydrogen-bond acceptors (Lipinski definition) is 2. The third-order valence-corrected chi connectivity index (χ3v) is 4.51. The Balaban J connectivity index is 1.66. The van der Waals surface area contributed by atoms with Crippen LogP contribution in [0.15, 0.2) is 84.9 Å². The minimum absolute atomic E-state index is 0.187. The van der Waals surface area contributed by atoms with E-state index < -0.39 is 6.03 Å². The first-order valence-corrected chi connectivity index (χ1v) is 9.18. The lowest BCUT2D eigenvalue weighted by molar-refractivity contribution is 0.0952. The predicted molar refractivity (Wildman–Crippen MR) is 111 cm³/mol. The molecule has 0 saturated heterocycles. The van der Waals surface area contributed by atoms with Crippen molar-refractivity contribution >= 4 is 17.6 Å². The van der Waals surface area contributed by atoms with Crippen LogP contribution in [0.2, 0.25) is 0 Å². The van der Waals surface area contributed by atoms with Crippen LogP contribution in [0, 0.1) is 0 Å². The summed E-state index contributed by atoms with van der Waals surface area (Å²) in [7, 11) is 0. The highest BCUT2D eigenvalue weighted by atomic mass is 16.2. The number of carbonyl (C=O) groups is 2. The van der Waals surface area contributed by atoms with Gasteiger partial charge in [0.25, 0.3) is 5.91 Å². The van der Waals surface area contributed by atoms with Crippen molar-refractivity contribution in [2.24, 2.45) is 5.73 Å². The molecular weight excluding hydrogens is 350 g/mol. The molecule has 0 atom stereocenters. The summed E-state index contributed by atoms with van der Waals surface area (Å²) >= 11 is 0. The maximum atomic E-state index is 12.5. The quantitative estimate of drug-likeness (QED) is 0.582. The van der Waals surface area contributed by atoms with Gasteiger partial charge in [-0.2, -0.15) is 0 Å². The van der Waals surface area contributed by atoms with Gasteiger partial charge in [-0.15, -0.1) is 0 Å². The van der Waals surface area contributed by atoms with Gasteiger partial charge in [0.15, 0.2) is 0 Å². The largest absolute Gasteiger partial charge is 0.352 e. The molecule has 142 valence electrons. The fourth-order valence-corrected chi connectivity index (χ4v) is 3.21. The van der Waals surface area contributed by atoms with Gasteiger partial charge >= 0.3 is 6.03 Å². The average Bonchev–Trinajstić information content (AvgIpc) is 2.72. The van der Waals surface area contributed by atoms with Crippen molar-refractivity contribution < 1.29 is 9.59 Å². The van der Waals surface area contributed by atoms with Gasteiger partial charge < -0.3 is 16.4 Å². The predicted octanol–water partition coefficient (Wildman–Crippen LogP) is 4.13. The third-order valence-electron chi connectivity index (χ3n) is 4.51. The van der Waals surface area contributed by atoms with Crippen LogP contribution in [0.1, 0.15) is 33.8 Å². The van der Waals surface area contributed by atoms with E-state index >= 15 is 0 Å². The standard InChI is InChI=1S/C23H23N3O2/c24-23(28)26-20-13-7-12-19(16-20)22(27)25-15-14-21(17-8-3-1-4-9-17)18-10-5-2-6-11-18/h1-13,16,21H,14-15H2,(H,25,27)(H3,24,26,28). The number of rotatable bonds is 7. The van der Waals surface area contributed by atoms with Gasteiger partial charge in [0.1, 0.15) is 0 Å². The van der Waals surface area contributed by atoms with E-state index in [4.69, 9.17) is 5.73 Å². The summed E-state index contributed by atoms with van der Waals surface area (Å²) in [6.45, 7) is 0.529. The Morgan fingerprint density at radius 3 is 2.00 bits per heavy atom. The van der Waals surface area contributed by atoms with Crippen molar-refractivity contribution in [3.8, 4) is 0 Å². The number of amides is 3. The second kappa shape index (κ2) is 9.37. The lowest BCUT2D eigenvalue weighted by atomic mass is 9.88. The number of anilines is 1. The van der Waals surface area contributed by atoms with Gasteiger partial charge in [0.05, 0.1) is 0 Å². The molecule has 5 nitrogen and oxygen atoms in total. The minimum Gasteiger partial charge on any atom is -0.352 e. The maximum Gasteiger partial charge on any atom is 0.316 e. The van der Waals surface area contributed by atoms with Gasteiger partial charge in [-0.1, -0.05) is 66.7 Å². The summed E-state index contributed by atoms with van der Waals surface area (Å²) in [4.78, 5) is 23.5. The normalized spacial score (nSPS) is 10.5. The Kier molecular flexibility index (Phi) is 6.41. The van der Waals surface area contributed by atoms with Gasteiger partial charge in [0.2, 0.25) is 0 Å². The Hall–Kier alpha value is -3.60. The van der Waals surface area contributed by atoms with Crippen LogP contribution in [-0.2, 0) is 0 Å². The molecule has 5 heteroatoms. The van der Waals surface area contributed by atoms with Crippen LogP contribution in [0.3, 0.4) is 0 Å². The van der Waals surface area contributed by atoms with E-state index in [1.54, 1.807) is 24.3 Å². The molecule has 3 amide bonds. The van der Waals surface area contributed by atoms with Crippen molar-refractivity contribution in [1.29, 1.82) is 0 Å². The van der Waals surface area contributed by atoms with Crippen molar-refractivity contribution in [2.75, 3.05) is 11.9 Å². The fourth-order valence-electron chi connectivity index (χ4n) is 3.21. The van der Waals surface area contributed by atoms with Crippen molar-refractivity contribution in [1.82, 2.24) is 5.32 Å². The molecular formula is C23H23N3O2. The van der Waals surface area contributed by atoms with E-state index in [2.05, 4.69) is 34.9 Å². The number of hydrogen-bond donors (Lipinski definition) is 3. The molecule has 3 aromatic rings. The molecule has 0 bridgehead atoms. The Morgan fingerprint density at radius 2 is 1.43 bits per heavy atom. The minimum atomic E-state index is -0.661. The summed E-state index contributed by atoms with van der Waals surface area (Å²) in [5, 5.41) is 5.44. The highest BCUT2D eigenvalue weighted by molar-refractivity contribution is 5.96. The molecule has 0 spiro atoms. The summed E-state index contributed by atoms with van der Waals surface area (Å²) in [6, 6.07) is 26.6. The maximum absolute atomic E-state index is 12.5. The van der Waals surface area contributed by atoms with E-state index in [1.807, 2.05) is 36.4 Å². The molecule has 3 aromatic carbocycles. The summed E-state index contributed by atoms with van der Waals surface area (Å²) in [5.41, 5.74) is 8.53. The lowest BCUT2D eigenvalue weighted by Gasteiger charge is -2.18. The Morgan fingerprint density at radius 1 is 0.821 bits per heavy atom. The molecule has 0 aliphatic carbocycles. The topological polar surface area (TPSA) is 84.2 Å². The molecule has 0 aliphatic rings. The summed E-state index contributed by atoms with van der Waals surface area (Å²) < 4.78 is 0. The van der Waals surface area contributed by atoms with Crippen LogP contribution in [0.4, 0.5) is 10.5 Å². The SMILES string of the molecule is NC(=O)Nc1cccc(C(=O)NCCC(c2ccccc2)c2ccccc2)c1. The molecule has 28 heavy (non-hydrogen) atoms. The molecule has 0 saturated carbocycles. The monoisotopic (exact) mass is 373 g/mol. The van der Waals surface area contributed by atoms with E-state index in [-0.39, 0.29) is 11.8 Å². The fraction of sp³-hybridized carbons (Fsp3) is 0.130. The van der Waals surface area contributed by atoms with Crippen LogP contribution < -0.4 is 16.4 Å². The van der Waals surface area contributed by atoms with Crippen molar-refractivity contribution in [3.05, 3.63) is 102 Å². The smallest absolute Gasteiger partial charge is 0.316 e. The first-order chi connectivity index (χ1) is 13.6. The first-order valence-electron chi connectivity index (χ1n) is 9.18. The van der Waals surface area contributed by atoms with E-state index in [0.717, 1.165) is 6.42 Å². The van der Waals surface area contributed by atoms with Gasteiger partial charge in [-0.25, -0.2) is 4.79 Å². The molecule has 0 fully saturated rings. The molecule has 0 aromatic heterocycles. The van der Waals surface area contributed by atoms with E-state index in [0.29, 0.717) is 17.8 Å². The van der Waals surface area contributed by atoms with E-state index in [9.17, 15) is 9.59 Å². The number of carbonyl (C=O) groups excluding carboxylic acids is 2. The summed E-state index contributed by atoms with van der Waals surface area (Å²) in [5.74, 6) is 0.0126. The third kappa shape index (κ3) is 5.20. The first kappa shape index (κ1) is 19.2. The number of primary amides is 1.